The first-order valence-electron chi connectivity index (χ1n) is 4.53. The van der Waals surface area contributed by atoms with Gasteiger partial charge in [0, 0.05) is 10.0 Å². The summed E-state index contributed by atoms with van der Waals surface area (Å²) in [6.45, 7) is 1.71. The highest BCUT2D eigenvalue weighted by Gasteiger charge is 1.99. The number of hydrogen-bond acceptors (Lipinski definition) is 2. The molecule has 1 rings (SSSR count). The zero-order chi connectivity index (χ0) is 11.3. The first-order valence-corrected chi connectivity index (χ1v) is 5.60. The molecule has 0 aliphatic rings. The van der Waals surface area contributed by atoms with Crippen LogP contribution in [0.4, 0.5) is 4.39 Å². The maximum absolute atomic E-state index is 12.6. The number of aliphatic hydroxyl groups excluding tert-OH is 1. The highest BCUT2D eigenvalue weighted by molar-refractivity contribution is 14.1. The Balaban J connectivity index is 2.52. The van der Waals surface area contributed by atoms with Gasteiger partial charge >= 0.3 is 0 Å². The van der Waals surface area contributed by atoms with E-state index in [0.717, 1.165) is 3.58 Å². The lowest BCUT2D eigenvalue weighted by Gasteiger charge is -2.04. The lowest BCUT2D eigenvalue weighted by molar-refractivity contribution is 0.197. The van der Waals surface area contributed by atoms with Crippen molar-refractivity contribution in [2.45, 2.75) is 19.4 Å². The van der Waals surface area contributed by atoms with Crippen molar-refractivity contribution < 1.29 is 14.2 Å². The summed E-state index contributed by atoms with van der Waals surface area (Å²) in [5.74, 6) is 0.293. The SMILES string of the molecule is CC(O)C/C(I)=C/Oc1ccc(F)cc1. The molecule has 0 radical (unpaired) electrons. The Bertz CT molecular complexity index is 333. The van der Waals surface area contributed by atoms with Gasteiger partial charge in [0.2, 0.25) is 0 Å². The molecular formula is C11H12FIO2. The Morgan fingerprint density at radius 1 is 1.53 bits per heavy atom. The van der Waals surface area contributed by atoms with E-state index in [1.807, 2.05) is 0 Å². The van der Waals surface area contributed by atoms with Crippen molar-refractivity contribution >= 4 is 22.6 Å². The highest BCUT2D eigenvalue weighted by Crippen LogP contribution is 2.17. The Morgan fingerprint density at radius 2 is 2.13 bits per heavy atom. The van der Waals surface area contributed by atoms with E-state index in [0.29, 0.717) is 12.2 Å². The minimum absolute atomic E-state index is 0.287. The average molecular weight is 322 g/mol. The molecular weight excluding hydrogens is 310 g/mol. The average Bonchev–Trinajstić information content (AvgIpc) is 2.16. The molecule has 82 valence electrons. The molecule has 0 spiro atoms. The third kappa shape index (κ3) is 5.13. The van der Waals surface area contributed by atoms with Crippen LogP contribution in [-0.4, -0.2) is 11.2 Å². The minimum Gasteiger partial charge on any atom is -0.464 e. The minimum atomic E-state index is -0.384. The molecule has 0 saturated carbocycles. The number of benzene rings is 1. The second-order valence-corrected chi connectivity index (χ2v) is 4.58. The molecule has 1 atom stereocenters. The van der Waals surface area contributed by atoms with Crippen LogP contribution in [-0.2, 0) is 0 Å². The quantitative estimate of drug-likeness (QED) is 0.681. The molecule has 4 heteroatoms. The fourth-order valence-electron chi connectivity index (χ4n) is 0.975. The number of aliphatic hydroxyl groups is 1. The lowest BCUT2D eigenvalue weighted by atomic mass is 10.3. The van der Waals surface area contributed by atoms with E-state index in [4.69, 9.17) is 9.84 Å². The molecule has 0 aliphatic carbocycles. The predicted molar refractivity (Wildman–Crippen MR) is 65.4 cm³/mol. The number of ether oxygens (including phenoxy) is 1. The van der Waals surface area contributed by atoms with Crippen LogP contribution >= 0.6 is 22.6 Å². The van der Waals surface area contributed by atoms with Gasteiger partial charge in [-0.2, -0.15) is 0 Å². The Morgan fingerprint density at radius 3 is 2.67 bits per heavy atom. The van der Waals surface area contributed by atoms with Crippen molar-refractivity contribution in [2.75, 3.05) is 0 Å². The van der Waals surface area contributed by atoms with E-state index in [9.17, 15) is 4.39 Å². The van der Waals surface area contributed by atoms with Crippen molar-refractivity contribution in [3.05, 3.63) is 39.9 Å². The summed E-state index contributed by atoms with van der Waals surface area (Å²) in [5.41, 5.74) is 0. The van der Waals surface area contributed by atoms with Gasteiger partial charge in [-0.15, -0.1) is 0 Å². The van der Waals surface area contributed by atoms with Crippen LogP contribution in [0.1, 0.15) is 13.3 Å². The van der Waals surface area contributed by atoms with Gasteiger partial charge in [0.05, 0.1) is 6.10 Å². The fraction of sp³-hybridized carbons (Fsp3) is 0.273. The zero-order valence-electron chi connectivity index (χ0n) is 8.28. The van der Waals surface area contributed by atoms with E-state index in [1.54, 1.807) is 25.3 Å². The number of hydrogen-bond donors (Lipinski definition) is 1. The zero-order valence-corrected chi connectivity index (χ0v) is 10.4. The summed E-state index contributed by atoms with van der Waals surface area (Å²) in [6.07, 6.45) is 1.73. The van der Waals surface area contributed by atoms with Crippen LogP contribution in [0.5, 0.6) is 5.75 Å². The first-order chi connectivity index (χ1) is 7.08. The topological polar surface area (TPSA) is 29.5 Å². The summed E-state index contributed by atoms with van der Waals surface area (Å²) in [4.78, 5) is 0. The van der Waals surface area contributed by atoms with Crippen molar-refractivity contribution in [2.24, 2.45) is 0 Å². The van der Waals surface area contributed by atoms with Gasteiger partial charge in [-0.05, 0) is 53.8 Å². The first kappa shape index (κ1) is 12.4. The second kappa shape index (κ2) is 6.07. The van der Waals surface area contributed by atoms with Gasteiger partial charge < -0.3 is 9.84 Å². The predicted octanol–water partition coefficient (Wildman–Crippen LogP) is 3.25. The lowest BCUT2D eigenvalue weighted by Crippen LogP contribution is -1.98. The third-order valence-corrected chi connectivity index (χ3v) is 2.32. The van der Waals surface area contributed by atoms with Gasteiger partial charge in [0.1, 0.15) is 17.8 Å². The van der Waals surface area contributed by atoms with Gasteiger partial charge in [-0.3, -0.25) is 0 Å². The van der Waals surface area contributed by atoms with E-state index in [1.165, 1.54) is 12.1 Å². The molecule has 1 unspecified atom stereocenters. The van der Waals surface area contributed by atoms with Crippen molar-refractivity contribution in [3.8, 4) is 5.75 Å². The maximum atomic E-state index is 12.6. The Hall–Kier alpha value is -0.620. The summed E-state index contributed by atoms with van der Waals surface area (Å²) >= 11 is 2.09. The highest BCUT2D eigenvalue weighted by atomic mass is 127. The largest absolute Gasteiger partial charge is 0.464 e. The third-order valence-electron chi connectivity index (χ3n) is 1.63. The normalized spacial score (nSPS) is 13.7. The fourth-order valence-corrected chi connectivity index (χ4v) is 1.74. The molecule has 0 amide bonds. The van der Waals surface area contributed by atoms with E-state index >= 15 is 0 Å². The van der Waals surface area contributed by atoms with Crippen LogP contribution in [0.2, 0.25) is 0 Å². The van der Waals surface area contributed by atoms with Crippen LogP contribution < -0.4 is 4.74 Å². The molecule has 0 fully saturated rings. The molecule has 1 N–H and O–H groups in total. The van der Waals surface area contributed by atoms with Crippen molar-refractivity contribution in [1.82, 2.24) is 0 Å². The summed E-state index contributed by atoms with van der Waals surface area (Å²) in [5, 5.41) is 9.11. The van der Waals surface area contributed by atoms with Gasteiger partial charge in [-0.25, -0.2) is 4.39 Å². The van der Waals surface area contributed by atoms with E-state index in [-0.39, 0.29) is 11.9 Å². The van der Waals surface area contributed by atoms with Gasteiger partial charge in [-0.1, -0.05) is 0 Å². The summed E-state index contributed by atoms with van der Waals surface area (Å²) in [7, 11) is 0. The molecule has 1 aromatic rings. The summed E-state index contributed by atoms with van der Waals surface area (Å²) in [6, 6.07) is 5.78. The molecule has 0 heterocycles. The maximum Gasteiger partial charge on any atom is 0.126 e. The molecule has 0 saturated heterocycles. The van der Waals surface area contributed by atoms with Crippen LogP contribution in [0.3, 0.4) is 0 Å². The Labute approximate surface area is 102 Å². The molecule has 2 nitrogen and oxygen atoms in total. The second-order valence-electron chi connectivity index (χ2n) is 3.19. The van der Waals surface area contributed by atoms with Crippen LogP contribution in [0.25, 0.3) is 0 Å². The monoisotopic (exact) mass is 322 g/mol. The number of rotatable bonds is 4. The molecule has 0 aromatic heterocycles. The van der Waals surface area contributed by atoms with Crippen LogP contribution in [0, 0.1) is 5.82 Å². The smallest absolute Gasteiger partial charge is 0.126 e. The number of halogens is 2. The van der Waals surface area contributed by atoms with Gasteiger partial charge in [0.15, 0.2) is 0 Å². The van der Waals surface area contributed by atoms with Crippen LogP contribution in [0.15, 0.2) is 34.1 Å². The molecule has 1 aromatic carbocycles. The van der Waals surface area contributed by atoms with Gasteiger partial charge in [0.25, 0.3) is 0 Å². The van der Waals surface area contributed by atoms with E-state index in [2.05, 4.69) is 22.6 Å². The van der Waals surface area contributed by atoms with Crippen molar-refractivity contribution in [1.29, 1.82) is 0 Å². The summed E-state index contributed by atoms with van der Waals surface area (Å²) < 4.78 is 18.7. The van der Waals surface area contributed by atoms with Crippen molar-refractivity contribution in [3.63, 3.8) is 0 Å². The Kier molecular flexibility index (Phi) is 5.04. The molecule has 0 bridgehead atoms. The standard InChI is InChI=1S/C11H12FIO2/c1-8(14)6-10(13)7-15-11-4-2-9(12)3-5-11/h2-5,7-8,14H,6H2,1H3/b10-7-. The molecule has 0 aliphatic heterocycles. The van der Waals surface area contributed by atoms with E-state index < -0.39 is 0 Å². The molecule has 15 heavy (non-hydrogen) atoms.